The Morgan fingerprint density at radius 3 is 1.41 bits per heavy atom. The maximum absolute atomic E-state index is 2.73. The molecule has 0 bridgehead atoms. The number of hydrogen-bond donors (Lipinski definition) is 0. The Bertz CT molecular complexity index is 613. The van der Waals surface area contributed by atoms with E-state index in [-0.39, 0.29) is 0 Å². The second-order valence-corrected chi connectivity index (χ2v) is 20.1. The van der Waals surface area contributed by atoms with Gasteiger partial charge in [-0.25, -0.2) is 0 Å². The summed E-state index contributed by atoms with van der Waals surface area (Å²) in [5.74, 6) is 0.925. The zero-order chi connectivity index (χ0) is 28.4. The molecule has 228 valence electrons. The van der Waals surface area contributed by atoms with E-state index in [0.717, 1.165) is 9.35 Å². The van der Waals surface area contributed by atoms with Gasteiger partial charge in [-0.05, 0) is 0 Å². The molecule has 1 heterocycles. The fourth-order valence-corrected chi connectivity index (χ4v) is 14.4. The first-order valence-electron chi connectivity index (χ1n) is 18.0. The molecule has 0 spiro atoms. The van der Waals surface area contributed by atoms with Crippen molar-refractivity contribution in [2.75, 3.05) is 0 Å². The standard InChI is InChI=1S/C24H43S.C13H27.Sn/c1-3-5-7-9-11-12-14-16-18-23(21-24-19-20-25-22-24)17-15-13-10-8-6-4-2;1-4-7-10-13(11-8-5-2)12-9-6-3;/h19,22-23H,3-18,21H2,1-2H3;4-12H2,1-3H3;. The van der Waals surface area contributed by atoms with Crippen molar-refractivity contribution in [2.45, 2.75) is 205 Å². The van der Waals surface area contributed by atoms with E-state index >= 15 is 0 Å². The van der Waals surface area contributed by atoms with Crippen molar-refractivity contribution in [3.8, 4) is 0 Å². The molecule has 1 aromatic rings. The molecule has 0 fully saturated rings. The van der Waals surface area contributed by atoms with E-state index in [4.69, 9.17) is 0 Å². The van der Waals surface area contributed by atoms with Crippen LogP contribution in [0.25, 0.3) is 0 Å². The molecule has 2 radical (unpaired) electrons. The molecule has 0 amide bonds. The Morgan fingerprint density at radius 2 is 0.974 bits per heavy atom. The van der Waals surface area contributed by atoms with Crippen LogP contribution in [0.2, 0.25) is 3.43 Å². The zero-order valence-electron chi connectivity index (χ0n) is 27.5. The number of hydrogen-bond acceptors (Lipinski definition) is 1. The summed E-state index contributed by atoms with van der Waals surface area (Å²) in [4.78, 5) is 0. The van der Waals surface area contributed by atoms with Gasteiger partial charge in [0.2, 0.25) is 0 Å². The van der Waals surface area contributed by atoms with Gasteiger partial charge in [0, 0.05) is 0 Å². The van der Waals surface area contributed by atoms with Gasteiger partial charge in [0.05, 0.1) is 0 Å². The summed E-state index contributed by atoms with van der Waals surface area (Å²) >= 11 is 1.60. The fraction of sp³-hybridized carbons (Fsp3) is 0.892. The first kappa shape index (κ1) is 37.5. The van der Waals surface area contributed by atoms with Crippen LogP contribution in [-0.4, -0.2) is 21.1 Å². The Morgan fingerprint density at radius 1 is 0.564 bits per heavy atom. The first-order valence-corrected chi connectivity index (χ1v) is 21.7. The topological polar surface area (TPSA) is 0 Å². The molecule has 1 atom stereocenters. The summed E-state index contributed by atoms with van der Waals surface area (Å²) in [6.07, 6.45) is 37.6. The molecular weight excluding hydrogens is 595 g/mol. The maximum atomic E-state index is 2.73. The number of unbranched alkanes of at least 4 members (excludes halogenated alkanes) is 15. The van der Waals surface area contributed by atoms with E-state index in [9.17, 15) is 0 Å². The summed E-state index contributed by atoms with van der Waals surface area (Å²) in [7, 11) is 0. The van der Waals surface area contributed by atoms with E-state index in [2.05, 4.69) is 57.4 Å². The van der Waals surface area contributed by atoms with Crippen LogP contribution >= 0.6 is 11.3 Å². The van der Waals surface area contributed by atoms with Gasteiger partial charge >= 0.3 is 237 Å². The summed E-state index contributed by atoms with van der Waals surface area (Å²) in [6.45, 7) is 11.9. The average molecular weight is 666 g/mol. The van der Waals surface area contributed by atoms with Crippen molar-refractivity contribution in [3.05, 3.63) is 17.0 Å². The number of rotatable bonds is 29. The van der Waals surface area contributed by atoms with E-state index in [1.807, 2.05) is 2.89 Å². The number of thiophene rings is 1. The van der Waals surface area contributed by atoms with Gasteiger partial charge in [0.25, 0.3) is 0 Å². The van der Waals surface area contributed by atoms with Crippen LogP contribution in [0.15, 0.2) is 11.4 Å². The molecule has 1 aromatic heterocycles. The van der Waals surface area contributed by atoms with Gasteiger partial charge < -0.3 is 0 Å². The van der Waals surface area contributed by atoms with Crippen LogP contribution in [-0.2, 0) is 6.42 Å². The molecule has 39 heavy (non-hydrogen) atoms. The quantitative estimate of drug-likeness (QED) is 0.0590. The molecule has 0 nitrogen and oxygen atoms in total. The van der Waals surface area contributed by atoms with E-state index < -0.39 is 21.1 Å². The minimum absolute atomic E-state index is 0.570. The van der Waals surface area contributed by atoms with Crippen LogP contribution < -0.4 is 2.89 Å². The van der Waals surface area contributed by atoms with E-state index in [1.54, 1.807) is 5.56 Å². The minimum atomic E-state index is -0.570. The molecule has 0 aliphatic carbocycles. The van der Waals surface area contributed by atoms with Crippen molar-refractivity contribution >= 4 is 35.4 Å². The SMILES string of the molecule is CCCCCCCCCCC(CCCCCCCC)Cc1cs[c]([Sn][C](CCCC)(CCCC)CCCC)c1. The predicted octanol–water partition coefficient (Wildman–Crippen LogP) is 13.2. The van der Waals surface area contributed by atoms with Crippen molar-refractivity contribution in [3.63, 3.8) is 0 Å². The van der Waals surface area contributed by atoms with Crippen molar-refractivity contribution in [1.82, 2.24) is 0 Å². The van der Waals surface area contributed by atoms with Crippen LogP contribution in [0.1, 0.15) is 201 Å². The summed E-state index contributed by atoms with van der Waals surface area (Å²) < 4.78 is 2.59. The Kier molecular flexibility index (Phi) is 25.2. The predicted molar refractivity (Wildman–Crippen MR) is 183 cm³/mol. The monoisotopic (exact) mass is 666 g/mol. The molecule has 0 aliphatic heterocycles. The van der Waals surface area contributed by atoms with Gasteiger partial charge in [-0.3, -0.25) is 0 Å². The summed E-state index contributed by atoms with van der Waals surface area (Å²) in [6, 6.07) is 2.73. The third kappa shape index (κ3) is 19.3. The molecule has 0 aliphatic rings. The molecule has 2 heteroatoms. The second-order valence-electron chi connectivity index (χ2n) is 12.9. The fourth-order valence-electron chi connectivity index (χ4n) is 6.38. The average Bonchev–Trinajstić information content (AvgIpc) is 3.38. The van der Waals surface area contributed by atoms with Crippen LogP contribution in [0.4, 0.5) is 0 Å². The van der Waals surface area contributed by atoms with Crippen LogP contribution in [0.3, 0.4) is 0 Å². The van der Waals surface area contributed by atoms with Crippen molar-refractivity contribution in [2.24, 2.45) is 5.92 Å². The first-order chi connectivity index (χ1) is 19.1. The third-order valence-electron chi connectivity index (χ3n) is 9.03. The summed E-state index contributed by atoms with van der Waals surface area (Å²) in [5, 5.41) is 2.60. The molecule has 0 N–H and O–H groups in total. The van der Waals surface area contributed by atoms with E-state index in [1.165, 1.54) is 167 Å². The van der Waals surface area contributed by atoms with Gasteiger partial charge in [0.15, 0.2) is 0 Å². The normalized spacial score (nSPS) is 12.8. The van der Waals surface area contributed by atoms with Gasteiger partial charge in [-0.1, -0.05) is 26.7 Å². The van der Waals surface area contributed by atoms with Crippen LogP contribution in [0, 0.1) is 5.92 Å². The molecule has 1 unspecified atom stereocenters. The zero-order valence-corrected chi connectivity index (χ0v) is 31.2. The van der Waals surface area contributed by atoms with Gasteiger partial charge in [0.1, 0.15) is 0 Å². The van der Waals surface area contributed by atoms with E-state index in [0.29, 0.717) is 0 Å². The second kappa shape index (κ2) is 26.2. The molecular formula is C37H70SSn. The third-order valence-corrected chi connectivity index (χ3v) is 16.3. The Labute approximate surface area is 261 Å². The van der Waals surface area contributed by atoms with Gasteiger partial charge in [-0.15, -0.1) is 0 Å². The van der Waals surface area contributed by atoms with Crippen molar-refractivity contribution < 1.29 is 0 Å². The Hall–Kier alpha value is 0.499. The molecule has 0 saturated carbocycles. The molecule has 1 rings (SSSR count). The summed E-state index contributed by atoms with van der Waals surface area (Å²) in [5.41, 5.74) is 1.71. The molecule has 0 aromatic carbocycles. The van der Waals surface area contributed by atoms with Gasteiger partial charge in [-0.2, -0.15) is 0 Å². The van der Waals surface area contributed by atoms with Crippen molar-refractivity contribution in [1.29, 1.82) is 0 Å². The molecule has 0 saturated heterocycles. The van der Waals surface area contributed by atoms with Crippen LogP contribution in [0.5, 0.6) is 0 Å². The Balaban J connectivity index is 2.71.